The molecule has 4 nitrogen and oxygen atoms in total. The second-order valence-corrected chi connectivity index (χ2v) is 12.5. The van der Waals surface area contributed by atoms with Gasteiger partial charge in [-0.3, -0.25) is 4.90 Å². The van der Waals surface area contributed by atoms with Crippen molar-refractivity contribution in [2.75, 3.05) is 39.3 Å². The zero-order valence-electron chi connectivity index (χ0n) is 25.5. The molecule has 1 unspecified atom stereocenters. The molecule has 2 fully saturated rings. The fourth-order valence-electron chi connectivity index (χ4n) is 6.90. The van der Waals surface area contributed by atoms with E-state index < -0.39 is 0 Å². The average molecular weight is 574 g/mol. The number of hydrogen-bond donors (Lipinski definition) is 1. The summed E-state index contributed by atoms with van der Waals surface area (Å²) in [5.41, 5.74) is 5.48. The molecular weight excluding hydrogens is 526 g/mol. The largest absolute Gasteiger partial charge is 0.490 e. The summed E-state index contributed by atoms with van der Waals surface area (Å²) in [6.07, 6.45) is 5.00. The van der Waals surface area contributed by atoms with Crippen LogP contribution in [0, 0.1) is 5.92 Å². The lowest BCUT2D eigenvalue weighted by Gasteiger charge is -2.35. The Morgan fingerprint density at radius 1 is 0.674 bits per heavy atom. The first-order valence-corrected chi connectivity index (χ1v) is 16.3. The van der Waals surface area contributed by atoms with Crippen molar-refractivity contribution in [2.24, 2.45) is 5.92 Å². The second kappa shape index (κ2) is 15.3. The molecule has 2 heterocycles. The molecule has 4 aromatic carbocycles. The summed E-state index contributed by atoms with van der Waals surface area (Å²) in [5, 5.41) is 3.78. The smallest absolute Gasteiger partial charge is 0.124 e. The van der Waals surface area contributed by atoms with Crippen LogP contribution in [-0.2, 0) is 13.1 Å². The molecule has 43 heavy (non-hydrogen) atoms. The zero-order chi connectivity index (χ0) is 29.1. The molecule has 1 N–H and O–H groups in total. The number of ether oxygens (including phenoxy) is 1. The molecule has 2 saturated heterocycles. The highest BCUT2D eigenvalue weighted by atomic mass is 16.5. The van der Waals surface area contributed by atoms with Crippen molar-refractivity contribution in [2.45, 2.75) is 50.8 Å². The molecule has 224 valence electrons. The SMILES string of the molecule is c1ccc(CN2CCCC(CNCc3ccccc3OC3CCN(CC(c4ccccc4)c4ccccc4)CC3)C2)cc1. The van der Waals surface area contributed by atoms with E-state index in [1.807, 2.05) is 0 Å². The van der Waals surface area contributed by atoms with Gasteiger partial charge in [0.05, 0.1) is 0 Å². The van der Waals surface area contributed by atoms with Crippen LogP contribution in [0.25, 0.3) is 0 Å². The standard InChI is InChI=1S/C39H47N3O/c1-4-13-32(14-5-1)29-42-24-12-15-33(30-42)27-40-28-36-20-10-11-21-39(36)43-37-22-25-41(26-23-37)31-38(34-16-6-2-7-17-34)35-18-8-3-9-19-35/h1-11,13-14,16-21,33,37-38,40H,12,15,22-31H2. The maximum Gasteiger partial charge on any atom is 0.124 e. The lowest BCUT2D eigenvalue weighted by molar-refractivity contribution is 0.0979. The monoisotopic (exact) mass is 573 g/mol. The van der Waals surface area contributed by atoms with Gasteiger partial charge in [0, 0.05) is 50.7 Å². The number of hydrogen-bond acceptors (Lipinski definition) is 4. The van der Waals surface area contributed by atoms with Crippen molar-refractivity contribution < 1.29 is 4.74 Å². The summed E-state index contributed by atoms with van der Waals surface area (Å²) in [5.74, 6) is 2.14. The van der Waals surface area contributed by atoms with Crippen LogP contribution >= 0.6 is 0 Å². The fourth-order valence-corrected chi connectivity index (χ4v) is 6.90. The quantitative estimate of drug-likeness (QED) is 0.192. The molecule has 2 aliphatic heterocycles. The van der Waals surface area contributed by atoms with E-state index in [0.29, 0.717) is 11.8 Å². The molecule has 0 spiro atoms. The Labute approximate surface area is 258 Å². The minimum absolute atomic E-state index is 0.272. The summed E-state index contributed by atoms with van der Waals surface area (Å²) >= 11 is 0. The minimum Gasteiger partial charge on any atom is -0.490 e. The maximum absolute atomic E-state index is 6.66. The lowest BCUT2D eigenvalue weighted by Crippen LogP contribution is -2.40. The van der Waals surface area contributed by atoms with E-state index in [9.17, 15) is 0 Å². The predicted octanol–water partition coefficient (Wildman–Crippen LogP) is 7.36. The highest BCUT2D eigenvalue weighted by Gasteiger charge is 2.25. The molecule has 4 heteroatoms. The van der Waals surface area contributed by atoms with Gasteiger partial charge in [-0.05, 0) is 67.4 Å². The number of benzene rings is 4. The molecule has 0 amide bonds. The summed E-state index contributed by atoms with van der Waals surface area (Å²) in [6, 6.07) is 41.5. The number of rotatable bonds is 12. The van der Waals surface area contributed by atoms with E-state index in [1.54, 1.807) is 0 Å². The van der Waals surface area contributed by atoms with Crippen molar-refractivity contribution >= 4 is 0 Å². The number of nitrogens with zero attached hydrogens (tertiary/aromatic N) is 2. The molecule has 4 aromatic rings. The van der Waals surface area contributed by atoms with Crippen LogP contribution < -0.4 is 10.1 Å². The van der Waals surface area contributed by atoms with E-state index in [-0.39, 0.29) is 6.10 Å². The Bertz CT molecular complexity index is 1320. The van der Waals surface area contributed by atoms with E-state index in [0.717, 1.165) is 57.9 Å². The van der Waals surface area contributed by atoms with Crippen LogP contribution in [0.15, 0.2) is 115 Å². The molecular formula is C39H47N3O. The number of piperidine rings is 2. The van der Waals surface area contributed by atoms with E-state index in [4.69, 9.17) is 4.74 Å². The third kappa shape index (κ3) is 8.57. The van der Waals surface area contributed by atoms with Gasteiger partial charge in [0.15, 0.2) is 0 Å². The first-order chi connectivity index (χ1) is 21.3. The molecule has 1 atom stereocenters. The molecule has 0 bridgehead atoms. The van der Waals surface area contributed by atoms with Gasteiger partial charge in [-0.25, -0.2) is 0 Å². The third-order valence-electron chi connectivity index (χ3n) is 9.25. The molecule has 0 aliphatic carbocycles. The fraction of sp³-hybridized carbons (Fsp3) is 0.385. The van der Waals surface area contributed by atoms with Gasteiger partial charge in [0.1, 0.15) is 11.9 Å². The van der Waals surface area contributed by atoms with Gasteiger partial charge in [-0.2, -0.15) is 0 Å². The van der Waals surface area contributed by atoms with Gasteiger partial charge in [0.2, 0.25) is 0 Å². The van der Waals surface area contributed by atoms with Crippen LogP contribution in [0.4, 0.5) is 0 Å². The topological polar surface area (TPSA) is 27.7 Å². The van der Waals surface area contributed by atoms with Crippen molar-refractivity contribution in [3.63, 3.8) is 0 Å². The first kappa shape index (κ1) is 29.6. The van der Waals surface area contributed by atoms with Gasteiger partial charge < -0.3 is 15.0 Å². The van der Waals surface area contributed by atoms with E-state index in [1.165, 1.54) is 48.2 Å². The average Bonchev–Trinajstić information content (AvgIpc) is 3.07. The molecule has 6 rings (SSSR count). The second-order valence-electron chi connectivity index (χ2n) is 12.5. The Balaban J connectivity index is 0.976. The highest BCUT2D eigenvalue weighted by Crippen LogP contribution is 2.28. The van der Waals surface area contributed by atoms with Crippen molar-refractivity contribution in [3.8, 4) is 5.75 Å². The Morgan fingerprint density at radius 3 is 2.00 bits per heavy atom. The van der Waals surface area contributed by atoms with Crippen molar-refractivity contribution in [3.05, 3.63) is 138 Å². The van der Waals surface area contributed by atoms with Crippen LogP contribution in [-0.4, -0.2) is 55.2 Å². The van der Waals surface area contributed by atoms with Crippen molar-refractivity contribution in [1.82, 2.24) is 15.1 Å². The third-order valence-corrected chi connectivity index (χ3v) is 9.25. The number of nitrogens with one attached hydrogen (secondary N) is 1. The maximum atomic E-state index is 6.66. The normalized spacial score (nSPS) is 18.6. The van der Waals surface area contributed by atoms with Gasteiger partial charge in [-0.1, -0.05) is 109 Å². The van der Waals surface area contributed by atoms with Gasteiger partial charge in [0.25, 0.3) is 0 Å². The van der Waals surface area contributed by atoms with E-state index >= 15 is 0 Å². The minimum atomic E-state index is 0.272. The molecule has 0 saturated carbocycles. The van der Waals surface area contributed by atoms with Crippen molar-refractivity contribution in [1.29, 1.82) is 0 Å². The summed E-state index contributed by atoms with van der Waals surface area (Å²) in [4.78, 5) is 5.25. The number of likely N-dealkylation sites (tertiary alicyclic amines) is 2. The van der Waals surface area contributed by atoms with Crippen LogP contribution in [0.3, 0.4) is 0 Å². The molecule has 0 radical (unpaired) electrons. The van der Waals surface area contributed by atoms with Crippen LogP contribution in [0.1, 0.15) is 53.9 Å². The van der Waals surface area contributed by atoms with E-state index in [2.05, 4.69) is 130 Å². The Morgan fingerprint density at radius 2 is 1.30 bits per heavy atom. The van der Waals surface area contributed by atoms with Gasteiger partial charge in [-0.15, -0.1) is 0 Å². The predicted molar refractivity (Wildman–Crippen MR) is 177 cm³/mol. The van der Waals surface area contributed by atoms with Crippen LogP contribution in [0.5, 0.6) is 5.75 Å². The summed E-state index contributed by atoms with van der Waals surface area (Å²) in [6.45, 7) is 8.55. The molecule has 2 aliphatic rings. The molecule has 0 aromatic heterocycles. The Hall–Kier alpha value is -3.44. The summed E-state index contributed by atoms with van der Waals surface area (Å²) < 4.78 is 6.66. The Kier molecular flexibility index (Phi) is 10.6. The zero-order valence-corrected chi connectivity index (χ0v) is 25.5. The van der Waals surface area contributed by atoms with Crippen LogP contribution in [0.2, 0.25) is 0 Å². The lowest BCUT2D eigenvalue weighted by atomic mass is 9.90. The van der Waals surface area contributed by atoms with Gasteiger partial charge >= 0.3 is 0 Å². The first-order valence-electron chi connectivity index (χ1n) is 16.3. The number of para-hydroxylation sites is 1. The summed E-state index contributed by atoms with van der Waals surface area (Å²) in [7, 11) is 0. The highest BCUT2D eigenvalue weighted by molar-refractivity contribution is 5.34.